The quantitative estimate of drug-likeness (QED) is 0.632. The van der Waals surface area contributed by atoms with Crippen molar-refractivity contribution in [3.63, 3.8) is 0 Å². The molecule has 0 aliphatic carbocycles. The fourth-order valence-corrected chi connectivity index (χ4v) is 0.760. The predicted octanol–water partition coefficient (Wildman–Crippen LogP) is 1.02. The van der Waals surface area contributed by atoms with Crippen LogP contribution in [0.2, 0.25) is 0 Å². The molecule has 0 aromatic rings. The molecule has 0 saturated heterocycles. The molecule has 1 amide bonds. The summed E-state index contributed by atoms with van der Waals surface area (Å²) in [7, 11) is 0. The summed E-state index contributed by atoms with van der Waals surface area (Å²) in [6, 6.07) is -0.268. The molecule has 0 bridgehead atoms. The standard InChI is InChI=1S/C9H15ClN2O/c1-4-5-11-9(13)8(3)12-6-7(2)10/h4,8,12H,1-2,5-6H2,3H3,(H,11,13). The van der Waals surface area contributed by atoms with Crippen molar-refractivity contribution in [2.75, 3.05) is 13.1 Å². The maximum atomic E-state index is 11.2. The molecule has 0 aromatic carbocycles. The Labute approximate surface area is 83.8 Å². The molecule has 0 aliphatic heterocycles. The summed E-state index contributed by atoms with van der Waals surface area (Å²) in [6.07, 6.45) is 1.63. The van der Waals surface area contributed by atoms with Gasteiger partial charge in [0.25, 0.3) is 0 Å². The van der Waals surface area contributed by atoms with Gasteiger partial charge in [0.2, 0.25) is 5.91 Å². The molecular weight excluding hydrogens is 188 g/mol. The predicted molar refractivity (Wildman–Crippen MR) is 55.7 cm³/mol. The van der Waals surface area contributed by atoms with E-state index in [1.807, 2.05) is 0 Å². The van der Waals surface area contributed by atoms with Crippen LogP contribution in [0.5, 0.6) is 0 Å². The molecule has 0 aromatic heterocycles. The fraction of sp³-hybridized carbons (Fsp3) is 0.444. The van der Waals surface area contributed by atoms with E-state index >= 15 is 0 Å². The summed E-state index contributed by atoms with van der Waals surface area (Å²) in [4.78, 5) is 11.2. The van der Waals surface area contributed by atoms with Crippen molar-refractivity contribution in [2.24, 2.45) is 0 Å². The van der Waals surface area contributed by atoms with Crippen LogP contribution >= 0.6 is 11.6 Å². The van der Waals surface area contributed by atoms with Gasteiger partial charge in [-0.05, 0) is 6.92 Å². The zero-order valence-electron chi connectivity index (χ0n) is 7.77. The maximum Gasteiger partial charge on any atom is 0.237 e. The lowest BCUT2D eigenvalue weighted by atomic mass is 10.3. The molecule has 4 heteroatoms. The minimum Gasteiger partial charge on any atom is -0.351 e. The van der Waals surface area contributed by atoms with Crippen LogP contribution in [0, 0.1) is 0 Å². The SMILES string of the molecule is C=CCNC(=O)C(C)NCC(=C)Cl. The molecule has 0 radical (unpaired) electrons. The fourth-order valence-electron chi connectivity index (χ4n) is 0.682. The zero-order chi connectivity index (χ0) is 10.3. The van der Waals surface area contributed by atoms with Crippen molar-refractivity contribution in [3.05, 3.63) is 24.3 Å². The van der Waals surface area contributed by atoms with Crippen LogP contribution in [-0.4, -0.2) is 25.0 Å². The highest BCUT2D eigenvalue weighted by atomic mass is 35.5. The molecule has 13 heavy (non-hydrogen) atoms. The third-order valence-corrected chi connectivity index (χ3v) is 1.55. The van der Waals surface area contributed by atoms with E-state index < -0.39 is 0 Å². The van der Waals surface area contributed by atoms with Gasteiger partial charge in [0.1, 0.15) is 0 Å². The Morgan fingerprint density at radius 1 is 1.69 bits per heavy atom. The van der Waals surface area contributed by atoms with E-state index in [0.717, 1.165) is 0 Å². The van der Waals surface area contributed by atoms with E-state index in [1.165, 1.54) is 0 Å². The normalized spacial score (nSPS) is 11.8. The van der Waals surface area contributed by atoms with E-state index in [1.54, 1.807) is 13.0 Å². The largest absolute Gasteiger partial charge is 0.351 e. The Balaban J connectivity index is 3.68. The lowest BCUT2D eigenvalue weighted by Crippen LogP contribution is -2.42. The van der Waals surface area contributed by atoms with Gasteiger partial charge in [0.15, 0.2) is 0 Å². The zero-order valence-corrected chi connectivity index (χ0v) is 8.53. The van der Waals surface area contributed by atoms with E-state index in [-0.39, 0.29) is 11.9 Å². The van der Waals surface area contributed by atoms with Gasteiger partial charge in [-0.3, -0.25) is 4.79 Å². The van der Waals surface area contributed by atoms with Crippen molar-refractivity contribution in [3.8, 4) is 0 Å². The van der Waals surface area contributed by atoms with Crippen molar-refractivity contribution in [2.45, 2.75) is 13.0 Å². The highest BCUT2D eigenvalue weighted by molar-refractivity contribution is 6.29. The number of hydrogen-bond acceptors (Lipinski definition) is 2. The number of amides is 1. The topological polar surface area (TPSA) is 41.1 Å². The molecule has 1 atom stereocenters. The minimum absolute atomic E-state index is 0.0715. The minimum atomic E-state index is -0.268. The summed E-state index contributed by atoms with van der Waals surface area (Å²) in [6.45, 7) is 9.68. The second kappa shape index (κ2) is 6.69. The summed E-state index contributed by atoms with van der Waals surface area (Å²) in [5.41, 5.74) is 0. The average molecular weight is 203 g/mol. The van der Waals surface area contributed by atoms with Crippen LogP contribution < -0.4 is 10.6 Å². The first-order valence-corrected chi connectivity index (χ1v) is 4.41. The number of rotatable bonds is 6. The number of nitrogens with one attached hydrogen (secondary N) is 2. The van der Waals surface area contributed by atoms with Crippen molar-refractivity contribution >= 4 is 17.5 Å². The molecule has 1 unspecified atom stereocenters. The second-order valence-electron chi connectivity index (χ2n) is 2.65. The number of hydrogen-bond donors (Lipinski definition) is 2. The molecule has 0 spiro atoms. The number of halogens is 1. The van der Waals surface area contributed by atoms with E-state index in [4.69, 9.17) is 11.6 Å². The smallest absolute Gasteiger partial charge is 0.237 e. The Bertz CT molecular complexity index is 204. The molecule has 0 heterocycles. The van der Waals surface area contributed by atoms with Crippen LogP contribution in [0.3, 0.4) is 0 Å². The van der Waals surface area contributed by atoms with E-state index in [9.17, 15) is 4.79 Å². The molecule has 0 fully saturated rings. The van der Waals surface area contributed by atoms with Crippen LogP contribution in [-0.2, 0) is 4.79 Å². The van der Waals surface area contributed by atoms with E-state index in [2.05, 4.69) is 23.8 Å². The molecular formula is C9H15ClN2O. The van der Waals surface area contributed by atoms with Crippen LogP contribution in [0.4, 0.5) is 0 Å². The van der Waals surface area contributed by atoms with Gasteiger partial charge in [-0.2, -0.15) is 0 Å². The Kier molecular flexibility index (Phi) is 6.28. The molecule has 0 saturated carbocycles. The van der Waals surface area contributed by atoms with Gasteiger partial charge in [0, 0.05) is 18.1 Å². The lowest BCUT2D eigenvalue weighted by molar-refractivity contribution is -0.122. The van der Waals surface area contributed by atoms with Gasteiger partial charge in [-0.15, -0.1) is 6.58 Å². The Morgan fingerprint density at radius 3 is 2.77 bits per heavy atom. The molecule has 0 aliphatic rings. The first-order chi connectivity index (χ1) is 6.07. The van der Waals surface area contributed by atoms with E-state index in [0.29, 0.717) is 18.1 Å². The van der Waals surface area contributed by atoms with Crippen LogP contribution in [0.15, 0.2) is 24.3 Å². The third-order valence-electron chi connectivity index (χ3n) is 1.41. The summed E-state index contributed by atoms with van der Waals surface area (Å²) >= 11 is 5.53. The molecule has 3 nitrogen and oxygen atoms in total. The van der Waals surface area contributed by atoms with Gasteiger partial charge >= 0.3 is 0 Å². The summed E-state index contributed by atoms with van der Waals surface area (Å²) in [5, 5.41) is 6.07. The highest BCUT2D eigenvalue weighted by Crippen LogP contribution is 1.93. The summed E-state index contributed by atoms with van der Waals surface area (Å²) in [5.74, 6) is -0.0715. The highest BCUT2D eigenvalue weighted by Gasteiger charge is 2.09. The average Bonchev–Trinajstić information content (AvgIpc) is 2.10. The van der Waals surface area contributed by atoms with Crippen molar-refractivity contribution in [1.82, 2.24) is 10.6 Å². The Hall–Kier alpha value is -0.800. The van der Waals surface area contributed by atoms with Crippen molar-refractivity contribution < 1.29 is 4.79 Å². The lowest BCUT2D eigenvalue weighted by Gasteiger charge is -2.12. The number of carbonyl (C=O) groups excluding carboxylic acids is 1. The molecule has 0 rings (SSSR count). The van der Waals surface area contributed by atoms with Gasteiger partial charge in [-0.25, -0.2) is 0 Å². The number of carbonyl (C=O) groups is 1. The monoisotopic (exact) mass is 202 g/mol. The molecule has 74 valence electrons. The third kappa shape index (κ3) is 6.37. The van der Waals surface area contributed by atoms with Gasteiger partial charge < -0.3 is 10.6 Å². The van der Waals surface area contributed by atoms with Crippen LogP contribution in [0.1, 0.15) is 6.92 Å². The molecule has 2 N–H and O–H groups in total. The first kappa shape index (κ1) is 12.2. The first-order valence-electron chi connectivity index (χ1n) is 4.03. The van der Waals surface area contributed by atoms with Crippen molar-refractivity contribution in [1.29, 1.82) is 0 Å². The van der Waals surface area contributed by atoms with Gasteiger partial charge in [0.05, 0.1) is 6.04 Å². The van der Waals surface area contributed by atoms with Gasteiger partial charge in [-0.1, -0.05) is 24.3 Å². The second-order valence-corrected chi connectivity index (χ2v) is 3.19. The maximum absolute atomic E-state index is 11.2. The van der Waals surface area contributed by atoms with Crippen LogP contribution in [0.25, 0.3) is 0 Å². The summed E-state index contributed by atoms with van der Waals surface area (Å²) < 4.78 is 0. The Morgan fingerprint density at radius 2 is 2.31 bits per heavy atom.